The topological polar surface area (TPSA) is 63.3 Å². The number of ether oxygens (including phenoxy) is 3. The quantitative estimate of drug-likeness (QED) is 0.387. The Morgan fingerprint density at radius 3 is 2.67 bits per heavy atom. The van der Waals surface area contributed by atoms with Gasteiger partial charge >= 0.3 is 0 Å². The largest absolute Gasteiger partial charge is 0.490 e. The van der Waals surface area contributed by atoms with E-state index in [9.17, 15) is 4.79 Å². The highest BCUT2D eigenvalue weighted by molar-refractivity contribution is 5.93. The molecule has 214 valence electrons. The zero-order valence-corrected chi connectivity index (χ0v) is 24.3. The van der Waals surface area contributed by atoms with Gasteiger partial charge in [0.15, 0.2) is 0 Å². The fourth-order valence-electron chi connectivity index (χ4n) is 5.68. The van der Waals surface area contributed by atoms with Crippen LogP contribution in [0.2, 0.25) is 0 Å². The molecule has 1 aliphatic carbocycles. The first-order valence-corrected chi connectivity index (χ1v) is 14.6. The van der Waals surface area contributed by atoms with Crippen LogP contribution in [-0.4, -0.2) is 70.0 Å². The first-order chi connectivity index (χ1) is 18.9. The predicted molar refractivity (Wildman–Crippen MR) is 156 cm³/mol. The second-order valence-corrected chi connectivity index (χ2v) is 11.3. The van der Waals surface area contributed by atoms with Crippen LogP contribution in [0.4, 0.5) is 5.69 Å². The lowest BCUT2D eigenvalue weighted by Gasteiger charge is -2.32. The average Bonchev–Trinajstić information content (AvgIpc) is 2.93. The number of carbonyl (C=O) groups excluding carboxylic acids is 1. The van der Waals surface area contributed by atoms with E-state index in [0.29, 0.717) is 38.2 Å². The lowest BCUT2D eigenvalue weighted by atomic mass is 9.85. The number of nitrogens with zero attached hydrogens (tertiary/aromatic N) is 2. The number of anilines is 1. The second kappa shape index (κ2) is 14.8. The van der Waals surface area contributed by atoms with Gasteiger partial charge in [-0.05, 0) is 86.4 Å². The molecule has 1 saturated carbocycles. The van der Waals surface area contributed by atoms with E-state index in [0.717, 1.165) is 68.9 Å². The van der Waals surface area contributed by atoms with E-state index in [1.807, 2.05) is 24.1 Å². The van der Waals surface area contributed by atoms with Crippen molar-refractivity contribution < 1.29 is 19.0 Å². The molecule has 7 nitrogen and oxygen atoms in total. The molecule has 7 heteroatoms. The Morgan fingerprint density at radius 2 is 1.92 bits per heavy atom. The number of benzene rings is 2. The zero-order chi connectivity index (χ0) is 27.6. The number of rotatable bonds is 12. The first kappa shape index (κ1) is 29.5. The normalized spacial score (nSPS) is 22.0. The third-order valence-corrected chi connectivity index (χ3v) is 8.09. The van der Waals surface area contributed by atoms with E-state index in [1.54, 1.807) is 7.11 Å². The zero-order valence-electron chi connectivity index (χ0n) is 24.3. The number of methoxy groups -OCH3 is 1. The van der Waals surface area contributed by atoms with Gasteiger partial charge in [-0.2, -0.15) is 0 Å². The summed E-state index contributed by atoms with van der Waals surface area (Å²) in [5.41, 5.74) is 4.68. The van der Waals surface area contributed by atoms with Gasteiger partial charge in [0.25, 0.3) is 0 Å². The van der Waals surface area contributed by atoms with Crippen LogP contribution < -0.4 is 15.0 Å². The summed E-state index contributed by atoms with van der Waals surface area (Å²) in [5, 5.41) is 3.51. The first-order valence-electron chi connectivity index (χ1n) is 14.6. The molecule has 0 spiro atoms. The van der Waals surface area contributed by atoms with Crippen molar-refractivity contribution >= 4 is 11.6 Å². The number of hydrogen-bond acceptors (Lipinski definition) is 6. The van der Waals surface area contributed by atoms with Crippen LogP contribution in [0, 0.1) is 12.8 Å². The van der Waals surface area contributed by atoms with E-state index in [1.165, 1.54) is 11.1 Å². The highest BCUT2D eigenvalue weighted by Gasteiger charge is 2.26. The van der Waals surface area contributed by atoms with Crippen LogP contribution in [0.1, 0.15) is 55.7 Å². The molecule has 1 saturated heterocycles. The maximum Gasteiger partial charge on any atom is 0.226 e. The molecule has 39 heavy (non-hydrogen) atoms. The number of carbonyl (C=O) groups is 1. The maximum absolute atomic E-state index is 13.2. The molecule has 1 amide bonds. The van der Waals surface area contributed by atoms with E-state index in [2.05, 4.69) is 54.4 Å². The van der Waals surface area contributed by atoms with Crippen LogP contribution >= 0.6 is 0 Å². The van der Waals surface area contributed by atoms with Crippen molar-refractivity contribution in [3.05, 3.63) is 59.2 Å². The van der Waals surface area contributed by atoms with Gasteiger partial charge in [-0.3, -0.25) is 9.69 Å². The lowest BCUT2D eigenvalue weighted by molar-refractivity contribution is -0.119. The monoisotopic (exact) mass is 537 g/mol. The molecular weight excluding hydrogens is 490 g/mol. The van der Waals surface area contributed by atoms with Crippen LogP contribution in [0.15, 0.2) is 42.5 Å². The summed E-state index contributed by atoms with van der Waals surface area (Å²) in [6, 6.07) is 15.2. The van der Waals surface area contributed by atoms with Crippen molar-refractivity contribution in [2.45, 2.75) is 71.2 Å². The molecule has 0 radical (unpaired) electrons. The highest BCUT2D eigenvalue weighted by atomic mass is 16.5. The summed E-state index contributed by atoms with van der Waals surface area (Å²) < 4.78 is 17.0. The van der Waals surface area contributed by atoms with Gasteiger partial charge in [0.05, 0.1) is 25.9 Å². The molecule has 2 aliphatic rings. The van der Waals surface area contributed by atoms with Crippen molar-refractivity contribution in [1.29, 1.82) is 0 Å². The predicted octanol–water partition coefficient (Wildman–Crippen LogP) is 4.94. The van der Waals surface area contributed by atoms with Crippen molar-refractivity contribution in [2.24, 2.45) is 5.92 Å². The molecule has 4 rings (SSSR count). The van der Waals surface area contributed by atoms with Crippen LogP contribution in [0.3, 0.4) is 0 Å². The third-order valence-electron chi connectivity index (χ3n) is 8.09. The fraction of sp³-hybridized carbons (Fsp3) is 0.594. The lowest BCUT2D eigenvalue weighted by Crippen LogP contribution is -2.48. The maximum atomic E-state index is 13.2. The van der Waals surface area contributed by atoms with Gasteiger partial charge in [-0.25, -0.2) is 0 Å². The molecule has 1 aliphatic heterocycles. The molecule has 1 atom stereocenters. The van der Waals surface area contributed by atoms with Gasteiger partial charge in [0.2, 0.25) is 5.91 Å². The van der Waals surface area contributed by atoms with Gasteiger partial charge in [-0.1, -0.05) is 18.2 Å². The van der Waals surface area contributed by atoms with Crippen molar-refractivity contribution in [3.8, 4) is 5.75 Å². The van der Waals surface area contributed by atoms with Crippen LogP contribution in [-0.2, 0) is 27.4 Å². The smallest absolute Gasteiger partial charge is 0.226 e. The van der Waals surface area contributed by atoms with Crippen molar-refractivity contribution in [3.63, 3.8) is 0 Å². The highest BCUT2D eigenvalue weighted by Crippen LogP contribution is 2.31. The Bertz CT molecular complexity index is 1050. The number of aryl methyl sites for hydroxylation is 1. The summed E-state index contributed by atoms with van der Waals surface area (Å²) >= 11 is 0. The minimum absolute atomic E-state index is 0.198. The van der Waals surface area contributed by atoms with Crippen LogP contribution in [0.25, 0.3) is 0 Å². The Kier molecular flexibility index (Phi) is 11.2. The Hall–Kier alpha value is -2.45. The van der Waals surface area contributed by atoms with Crippen molar-refractivity contribution in [1.82, 2.24) is 10.2 Å². The average molecular weight is 538 g/mol. The summed E-state index contributed by atoms with van der Waals surface area (Å²) in [6.07, 6.45) is 4.80. The minimum Gasteiger partial charge on any atom is -0.490 e. The molecule has 0 unspecified atom stereocenters. The van der Waals surface area contributed by atoms with Gasteiger partial charge in [0, 0.05) is 58.5 Å². The molecule has 2 fully saturated rings. The second-order valence-electron chi connectivity index (χ2n) is 11.3. The molecule has 0 aromatic heterocycles. The number of hydrogen-bond donors (Lipinski definition) is 1. The fourth-order valence-corrected chi connectivity index (χ4v) is 5.68. The molecule has 2 aromatic rings. The third kappa shape index (κ3) is 9.04. The SMILES string of the molecule is COCCOCc1cccc(OC2CCC(CC(=O)N(C)c3ccc(CN4CCN[C@@H](C)C4)c(C)c3)CC2)c1. The summed E-state index contributed by atoms with van der Waals surface area (Å²) in [4.78, 5) is 17.5. The van der Waals surface area contributed by atoms with Crippen molar-refractivity contribution in [2.75, 3.05) is 51.9 Å². The molecule has 1 N–H and O–H groups in total. The van der Waals surface area contributed by atoms with E-state index in [-0.39, 0.29) is 12.0 Å². The Labute approximate surface area is 234 Å². The summed E-state index contributed by atoms with van der Waals surface area (Å²) in [5.74, 6) is 1.51. The van der Waals surface area contributed by atoms with E-state index < -0.39 is 0 Å². The van der Waals surface area contributed by atoms with Gasteiger partial charge < -0.3 is 24.4 Å². The molecule has 1 heterocycles. The Balaban J connectivity index is 1.21. The van der Waals surface area contributed by atoms with Crippen LogP contribution in [0.5, 0.6) is 5.75 Å². The summed E-state index contributed by atoms with van der Waals surface area (Å²) in [7, 11) is 3.59. The molecule has 2 aromatic carbocycles. The molecular formula is C32H47N3O4. The van der Waals surface area contributed by atoms with Gasteiger partial charge in [-0.15, -0.1) is 0 Å². The summed E-state index contributed by atoms with van der Waals surface area (Å²) in [6.45, 7) is 10.3. The number of piperazine rings is 1. The number of amides is 1. The molecule has 0 bridgehead atoms. The van der Waals surface area contributed by atoms with E-state index >= 15 is 0 Å². The standard InChI is InChI=1S/C32H47N3O4/c1-24-18-29(11-10-28(24)22-35-15-14-33-25(2)21-35)34(3)32(36)20-26-8-12-30(13-9-26)39-31-7-5-6-27(19-31)23-38-17-16-37-4/h5-7,10-11,18-19,25-26,30,33H,8-9,12-17,20-23H2,1-4H3/t25-,26?,30?/m0/s1. The Morgan fingerprint density at radius 1 is 1.10 bits per heavy atom. The van der Waals surface area contributed by atoms with Gasteiger partial charge in [0.1, 0.15) is 5.75 Å². The minimum atomic E-state index is 0.198. The number of nitrogens with one attached hydrogen (secondary N) is 1. The van der Waals surface area contributed by atoms with E-state index in [4.69, 9.17) is 14.2 Å².